The highest BCUT2D eigenvalue weighted by Gasteiger charge is 1.94. The summed E-state index contributed by atoms with van der Waals surface area (Å²) in [6.07, 6.45) is 6.99. The number of hydrogen-bond acceptors (Lipinski definition) is 2. The van der Waals surface area contributed by atoms with Gasteiger partial charge in [0.15, 0.2) is 5.78 Å². The van der Waals surface area contributed by atoms with E-state index in [-0.39, 0.29) is 5.78 Å². The number of carbonyl (C=O) groups is 1. The molecule has 80 valence electrons. The number of ketones is 1. The molecule has 1 aromatic heterocycles. The fourth-order valence-electron chi connectivity index (χ4n) is 1.37. The highest BCUT2D eigenvalue weighted by Crippen LogP contribution is 2.09. The molecule has 0 bridgehead atoms. The Bertz CT molecular complexity index is 495. The topological polar surface area (TPSA) is 34.9 Å². The monoisotopic (exact) mass is 212 g/mol. The van der Waals surface area contributed by atoms with Crippen LogP contribution in [0.5, 0.6) is 0 Å². The van der Waals surface area contributed by atoms with E-state index >= 15 is 0 Å². The molecule has 0 aliphatic rings. The molecule has 3 heteroatoms. The molecular weight excluding hydrogens is 200 g/mol. The fraction of sp³-hybridized carbons (Fsp3) is 0.0769. The summed E-state index contributed by atoms with van der Waals surface area (Å²) in [5.41, 5.74) is 2.01. The number of aromatic nitrogens is 2. The number of carbonyl (C=O) groups excluding carboxylic acids is 1. The van der Waals surface area contributed by atoms with Gasteiger partial charge >= 0.3 is 0 Å². The number of allylic oxidation sites excluding steroid dienone is 1. The van der Waals surface area contributed by atoms with Gasteiger partial charge in [-0.25, -0.2) is 4.68 Å². The maximum Gasteiger partial charge on any atom is 0.152 e. The second-order valence-electron chi connectivity index (χ2n) is 3.49. The molecule has 0 aliphatic carbocycles. The average molecular weight is 212 g/mol. The standard InChI is InChI=1S/C13H12N2O/c1-11(16)3-4-12-5-7-13(8-6-12)15-10-2-9-14-15/h2-10H,1H3/b4-3+. The maximum atomic E-state index is 10.8. The number of nitrogens with zero attached hydrogens (tertiary/aromatic N) is 2. The highest BCUT2D eigenvalue weighted by molar-refractivity contribution is 5.91. The van der Waals surface area contributed by atoms with Crippen LogP contribution in [0.1, 0.15) is 12.5 Å². The van der Waals surface area contributed by atoms with Crippen LogP contribution in [-0.4, -0.2) is 15.6 Å². The van der Waals surface area contributed by atoms with Crippen molar-refractivity contribution >= 4 is 11.9 Å². The lowest BCUT2D eigenvalue weighted by atomic mass is 10.2. The van der Waals surface area contributed by atoms with Gasteiger partial charge in [-0.3, -0.25) is 4.79 Å². The van der Waals surface area contributed by atoms with Crippen LogP contribution in [-0.2, 0) is 4.79 Å². The van der Waals surface area contributed by atoms with Gasteiger partial charge in [-0.15, -0.1) is 0 Å². The summed E-state index contributed by atoms with van der Waals surface area (Å²) in [5.74, 6) is 0.0520. The van der Waals surface area contributed by atoms with Crippen molar-refractivity contribution < 1.29 is 4.79 Å². The lowest BCUT2D eigenvalue weighted by molar-refractivity contribution is -0.112. The van der Waals surface area contributed by atoms with E-state index in [9.17, 15) is 4.79 Å². The predicted octanol–water partition coefficient (Wildman–Crippen LogP) is 2.47. The average Bonchev–Trinajstić information content (AvgIpc) is 2.80. The van der Waals surface area contributed by atoms with Crippen molar-refractivity contribution in [1.29, 1.82) is 0 Å². The van der Waals surface area contributed by atoms with E-state index in [2.05, 4.69) is 5.10 Å². The van der Waals surface area contributed by atoms with E-state index in [4.69, 9.17) is 0 Å². The summed E-state index contributed by atoms with van der Waals surface area (Å²) in [5, 5.41) is 4.13. The quantitative estimate of drug-likeness (QED) is 0.732. The Hall–Kier alpha value is -2.16. The van der Waals surface area contributed by atoms with Crippen molar-refractivity contribution in [2.75, 3.05) is 0 Å². The Labute approximate surface area is 94.0 Å². The molecular formula is C13H12N2O. The van der Waals surface area contributed by atoms with Crippen LogP contribution in [0.15, 0.2) is 48.8 Å². The third kappa shape index (κ3) is 2.45. The predicted molar refractivity (Wildman–Crippen MR) is 63.3 cm³/mol. The van der Waals surface area contributed by atoms with Gasteiger partial charge in [-0.1, -0.05) is 18.2 Å². The molecule has 0 aliphatic heterocycles. The molecule has 0 unspecified atom stereocenters. The molecule has 0 amide bonds. The van der Waals surface area contributed by atoms with Crippen molar-refractivity contribution in [2.24, 2.45) is 0 Å². The summed E-state index contributed by atoms with van der Waals surface area (Å²) in [7, 11) is 0. The Morgan fingerprint density at radius 1 is 1.31 bits per heavy atom. The van der Waals surface area contributed by atoms with Gasteiger partial charge in [-0.05, 0) is 36.8 Å². The Morgan fingerprint density at radius 2 is 2.06 bits per heavy atom. The van der Waals surface area contributed by atoms with Gasteiger partial charge < -0.3 is 0 Å². The Kier molecular flexibility index (Phi) is 2.96. The molecule has 3 nitrogen and oxygen atoms in total. The lowest BCUT2D eigenvalue weighted by Crippen LogP contribution is -1.93. The number of rotatable bonds is 3. The van der Waals surface area contributed by atoms with Crippen LogP contribution < -0.4 is 0 Å². The molecule has 1 heterocycles. The first-order valence-corrected chi connectivity index (χ1v) is 5.04. The molecule has 2 rings (SSSR count). The first-order valence-electron chi connectivity index (χ1n) is 5.04. The summed E-state index contributed by atoms with van der Waals surface area (Å²) in [4.78, 5) is 10.8. The minimum absolute atomic E-state index is 0.0520. The molecule has 0 saturated carbocycles. The van der Waals surface area contributed by atoms with Crippen molar-refractivity contribution in [3.05, 3.63) is 54.4 Å². The van der Waals surface area contributed by atoms with E-state index in [0.717, 1.165) is 11.3 Å². The molecule has 0 fully saturated rings. The van der Waals surface area contributed by atoms with Crippen LogP contribution in [0, 0.1) is 0 Å². The second kappa shape index (κ2) is 4.57. The smallest absolute Gasteiger partial charge is 0.152 e. The number of benzene rings is 1. The van der Waals surface area contributed by atoms with E-state index in [1.165, 1.54) is 6.92 Å². The maximum absolute atomic E-state index is 10.8. The van der Waals surface area contributed by atoms with Gasteiger partial charge in [0.05, 0.1) is 5.69 Å². The van der Waals surface area contributed by atoms with Crippen LogP contribution in [0.25, 0.3) is 11.8 Å². The first-order chi connectivity index (χ1) is 7.75. The van der Waals surface area contributed by atoms with E-state index < -0.39 is 0 Å². The van der Waals surface area contributed by atoms with Crippen LogP contribution in [0.3, 0.4) is 0 Å². The summed E-state index contributed by atoms with van der Waals surface area (Å²) < 4.78 is 1.79. The lowest BCUT2D eigenvalue weighted by Gasteiger charge is -2.00. The first kappa shape index (κ1) is 10.4. The van der Waals surface area contributed by atoms with Crippen molar-refractivity contribution in [3.63, 3.8) is 0 Å². The minimum atomic E-state index is 0.0520. The summed E-state index contributed by atoms with van der Waals surface area (Å²) in [6.45, 7) is 1.54. The summed E-state index contributed by atoms with van der Waals surface area (Å²) in [6, 6.07) is 9.72. The molecule has 16 heavy (non-hydrogen) atoms. The van der Waals surface area contributed by atoms with Gasteiger partial charge in [0.2, 0.25) is 0 Å². The van der Waals surface area contributed by atoms with E-state index in [1.54, 1.807) is 23.0 Å². The molecule has 0 N–H and O–H groups in total. The van der Waals surface area contributed by atoms with Crippen molar-refractivity contribution in [2.45, 2.75) is 6.92 Å². The van der Waals surface area contributed by atoms with Gasteiger partial charge in [0.1, 0.15) is 0 Å². The van der Waals surface area contributed by atoms with Gasteiger partial charge in [0.25, 0.3) is 0 Å². The van der Waals surface area contributed by atoms with Crippen LogP contribution in [0.2, 0.25) is 0 Å². The SMILES string of the molecule is CC(=O)/C=C/c1ccc(-n2cccn2)cc1. The zero-order valence-corrected chi connectivity index (χ0v) is 9.00. The number of hydrogen-bond donors (Lipinski definition) is 0. The second-order valence-corrected chi connectivity index (χ2v) is 3.49. The fourth-order valence-corrected chi connectivity index (χ4v) is 1.37. The molecule has 0 saturated heterocycles. The zero-order chi connectivity index (χ0) is 11.4. The van der Waals surface area contributed by atoms with Crippen molar-refractivity contribution in [1.82, 2.24) is 9.78 Å². The van der Waals surface area contributed by atoms with Crippen LogP contribution in [0.4, 0.5) is 0 Å². The zero-order valence-electron chi connectivity index (χ0n) is 9.00. The Morgan fingerprint density at radius 3 is 2.62 bits per heavy atom. The normalized spacial score (nSPS) is 10.8. The highest BCUT2D eigenvalue weighted by atomic mass is 16.1. The molecule has 1 aromatic carbocycles. The van der Waals surface area contributed by atoms with Crippen LogP contribution >= 0.6 is 0 Å². The van der Waals surface area contributed by atoms with Crippen molar-refractivity contribution in [3.8, 4) is 5.69 Å². The summed E-state index contributed by atoms with van der Waals surface area (Å²) >= 11 is 0. The van der Waals surface area contributed by atoms with E-state index in [1.807, 2.05) is 36.5 Å². The third-order valence-corrected chi connectivity index (χ3v) is 2.17. The minimum Gasteiger partial charge on any atom is -0.295 e. The molecule has 0 radical (unpaired) electrons. The Balaban J connectivity index is 2.20. The van der Waals surface area contributed by atoms with E-state index in [0.29, 0.717) is 0 Å². The van der Waals surface area contributed by atoms with Gasteiger partial charge in [-0.2, -0.15) is 5.10 Å². The molecule has 0 spiro atoms. The third-order valence-electron chi connectivity index (χ3n) is 2.17. The van der Waals surface area contributed by atoms with Gasteiger partial charge in [0, 0.05) is 12.4 Å². The molecule has 0 atom stereocenters. The largest absolute Gasteiger partial charge is 0.295 e. The molecule has 2 aromatic rings.